The first-order chi connectivity index (χ1) is 16.5. The summed E-state index contributed by atoms with van der Waals surface area (Å²) in [7, 11) is 2.07. The maximum absolute atomic E-state index is 7.85. The van der Waals surface area contributed by atoms with Gasteiger partial charge in [-0.05, 0) is 47.9 Å². The van der Waals surface area contributed by atoms with Crippen LogP contribution in [0.4, 0.5) is 5.69 Å². The van der Waals surface area contributed by atoms with E-state index in [-0.39, 0.29) is 0 Å². The van der Waals surface area contributed by atoms with Gasteiger partial charge in [-0.15, -0.1) is 0 Å². The molecule has 0 atom stereocenters. The molecule has 0 radical (unpaired) electrons. The molecule has 34 heavy (non-hydrogen) atoms. The summed E-state index contributed by atoms with van der Waals surface area (Å²) in [6.07, 6.45) is 2.13. The molecule has 0 bridgehead atoms. The summed E-state index contributed by atoms with van der Waals surface area (Å²) >= 11 is 0. The van der Waals surface area contributed by atoms with Gasteiger partial charge in [0.25, 0.3) is 0 Å². The number of fused-ring (bicyclic) bond motifs is 4. The maximum Gasteiger partial charge on any atom is 0.216 e. The Kier molecular flexibility index (Phi) is 4.50. The summed E-state index contributed by atoms with van der Waals surface area (Å²) < 4.78 is 8.84. The highest BCUT2D eigenvalue weighted by Crippen LogP contribution is 2.44. The predicted molar refractivity (Wildman–Crippen MR) is 139 cm³/mol. The molecule has 0 unspecified atom stereocenters. The molecule has 0 N–H and O–H groups in total. The molecule has 3 heteroatoms. The number of rotatable bonds is 2. The Labute approximate surface area is 198 Å². The molecule has 2 aromatic heterocycles. The lowest BCUT2D eigenvalue weighted by Crippen LogP contribution is -2.31. The van der Waals surface area contributed by atoms with E-state index in [1.807, 2.05) is 24.3 Å². The molecule has 0 spiro atoms. The molecule has 6 aromatic rings. The zero-order valence-corrected chi connectivity index (χ0v) is 19.4. The van der Waals surface area contributed by atoms with Crippen LogP contribution in [0.15, 0.2) is 89.5 Å². The van der Waals surface area contributed by atoms with Crippen LogP contribution in [0.3, 0.4) is 0 Å². The van der Waals surface area contributed by atoms with E-state index in [2.05, 4.69) is 91.1 Å². The lowest BCUT2D eigenvalue weighted by molar-refractivity contribution is -0.660. The van der Waals surface area contributed by atoms with E-state index in [4.69, 9.17) is 11.0 Å². The Morgan fingerprint density at radius 3 is 2.26 bits per heavy atom. The van der Waals surface area contributed by atoms with Gasteiger partial charge in [-0.25, -0.2) is 9.41 Å². The number of benzene rings is 4. The molecular weight excluding hydrogens is 416 g/mol. The Balaban J connectivity index is 1.71. The zero-order chi connectivity index (χ0) is 23.4. The van der Waals surface area contributed by atoms with Crippen LogP contribution in [0, 0.1) is 20.4 Å². The molecule has 162 valence electrons. The normalized spacial score (nSPS) is 11.4. The fourth-order valence-corrected chi connectivity index (χ4v) is 5.03. The van der Waals surface area contributed by atoms with E-state index in [1.54, 1.807) is 0 Å². The number of aromatic nitrogens is 1. The van der Waals surface area contributed by atoms with Crippen molar-refractivity contribution in [2.45, 2.75) is 13.8 Å². The van der Waals surface area contributed by atoms with Crippen molar-refractivity contribution in [3.05, 3.63) is 108 Å². The average Bonchev–Trinajstić information content (AvgIpc) is 3.22. The van der Waals surface area contributed by atoms with Crippen molar-refractivity contribution < 1.29 is 8.98 Å². The fraction of sp³-hybridized carbons (Fsp3) is 0.0968. The van der Waals surface area contributed by atoms with E-state index >= 15 is 0 Å². The van der Waals surface area contributed by atoms with E-state index in [0.717, 1.165) is 55.3 Å². The van der Waals surface area contributed by atoms with Crippen LogP contribution in [0.25, 0.3) is 59.9 Å². The third-order valence-electron chi connectivity index (χ3n) is 6.69. The first-order valence-electron chi connectivity index (χ1n) is 11.4. The molecule has 0 aliphatic carbocycles. The summed E-state index contributed by atoms with van der Waals surface area (Å²) in [4.78, 5) is 3.86. The Morgan fingerprint density at radius 1 is 0.765 bits per heavy atom. The zero-order valence-electron chi connectivity index (χ0n) is 19.4. The number of hydrogen-bond acceptors (Lipinski definition) is 1. The fourth-order valence-electron chi connectivity index (χ4n) is 5.03. The van der Waals surface area contributed by atoms with Gasteiger partial charge in [0.1, 0.15) is 18.2 Å². The Bertz CT molecular complexity index is 1800. The summed E-state index contributed by atoms with van der Waals surface area (Å²) in [6, 6.07) is 27.2. The van der Waals surface area contributed by atoms with Gasteiger partial charge >= 0.3 is 0 Å². The molecule has 4 aromatic carbocycles. The Hall–Kier alpha value is -4.42. The van der Waals surface area contributed by atoms with Crippen molar-refractivity contribution in [3.63, 3.8) is 0 Å². The molecule has 0 aliphatic heterocycles. The van der Waals surface area contributed by atoms with E-state index in [1.165, 1.54) is 10.9 Å². The molecule has 0 fully saturated rings. The molecule has 2 heterocycles. The highest BCUT2D eigenvalue weighted by molar-refractivity contribution is 6.15. The SMILES string of the molecule is [C-]#[N+]c1ccc2c(oc3c(-c4ccc(C)c[n+]4C)c(C)ccc32)c1-c1ccc2ccccc2c1. The second kappa shape index (κ2) is 7.57. The van der Waals surface area contributed by atoms with Gasteiger partial charge in [0.2, 0.25) is 5.69 Å². The van der Waals surface area contributed by atoms with Crippen LogP contribution in [-0.4, -0.2) is 0 Å². The van der Waals surface area contributed by atoms with E-state index in [9.17, 15) is 0 Å². The molecule has 3 nitrogen and oxygen atoms in total. The van der Waals surface area contributed by atoms with Gasteiger partial charge in [-0.1, -0.05) is 60.7 Å². The smallest absolute Gasteiger partial charge is 0.216 e. The van der Waals surface area contributed by atoms with Crippen LogP contribution in [-0.2, 0) is 7.05 Å². The number of furan rings is 1. The predicted octanol–water partition coefficient (Wildman–Crippen LogP) is 8.07. The lowest BCUT2D eigenvalue weighted by Gasteiger charge is -2.07. The van der Waals surface area contributed by atoms with Gasteiger partial charge < -0.3 is 4.42 Å². The summed E-state index contributed by atoms with van der Waals surface area (Å²) in [5.74, 6) is 0. The number of aryl methyl sites for hydroxylation is 3. The van der Waals surface area contributed by atoms with Crippen LogP contribution >= 0.6 is 0 Å². The highest BCUT2D eigenvalue weighted by Gasteiger charge is 2.23. The van der Waals surface area contributed by atoms with Crippen molar-refractivity contribution in [1.29, 1.82) is 0 Å². The molecule has 0 saturated heterocycles. The minimum atomic E-state index is 0.598. The quantitative estimate of drug-likeness (QED) is 0.197. The number of hydrogen-bond donors (Lipinski definition) is 0. The molecule has 0 amide bonds. The lowest BCUT2D eigenvalue weighted by atomic mass is 9.96. The monoisotopic (exact) mass is 439 g/mol. The Morgan fingerprint density at radius 2 is 1.50 bits per heavy atom. The minimum Gasteiger partial charge on any atom is -0.456 e. The summed E-state index contributed by atoms with van der Waals surface area (Å²) in [5, 5.41) is 4.42. The van der Waals surface area contributed by atoms with Crippen LogP contribution in [0.5, 0.6) is 0 Å². The van der Waals surface area contributed by atoms with Crippen molar-refractivity contribution in [1.82, 2.24) is 0 Å². The van der Waals surface area contributed by atoms with Gasteiger partial charge in [0.15, 0.2) is 11.9 Å². The van der Waals surface area contributed by atoms with Crippen LogP contribution < -0.4 is 4.57 Å². The molecule has 0 aliphatic rings. The van der Waals surface area contributed by atoms with Crippen molar-refractivity contribution in [2.24, 2.45) is 7.05 Å². The van der Waals surface area contributed by atoms with Gasteiger partial charge in [-0.2, -0.15) is 0 Å². The first kappa shape index (κ1) is 20.2. The second-order valence-corrected chi connectivity index (χ2v) is 8.95. The first-order valence-corrected chi connectivity index (χ1v) is 11.4. The van der Waals surface area contributed by atoms with Gasteiger partial charge in [0, 0.05) is 28.0 Å². The van der Waals surface area contributed by atoms with Gasteiger partial charge in [-0.3, -0.25) is 0 Å². The average molecular weight is 440 g/mol. The van der Waals surface area contributed by atoms with Crippen molar-refractivity contribution >= 4 is 38.4 Å². The number of nitrogens with zero attached hydrogens (tertiary/aromatic N) is 2. The van der Waals surface area contributed by atoms with E-state index in [0.29, 0.717) is 5.69 Å². The van der Waals surface area contributed by atoms with Crippen molar-refractivity contribution in [3.8, 4) is 22.4 Å². The van der Waals surface area contributed by atoms with Crippen LogP contribution in [0.2, 0.25) is 0 Å². The topological polar surface area (TPSA) is 21.4 Å². The second-order valence-electron chi connectivity index (χ2n) is 8.95. The largest absolute Gasteiger partial charge is 0.456 e. The maximum atomic E-state index is 7.85. The highest BCUT2D eigenvalue weighted by atomic mass is 16.3. The third kappa shape index (κ3) is 3.00. The van der Waals surface area contributed by atoms with Gasteiger partial charge in [0.05, 0.1) is 12.1 Å². The minimum absolute atomic E-state index is 0.598. The molecule has 0 saturated carbocycles. The number of pyridine rings is 1. The van der Waals surface area contributed by atoms with E-state index < -0.39 is 0 Å². The standard InChI is InChI=1S/C31H23N2O/c1-19-9-16-27(33(4)18-19)28-20(2)10-13-24-25-14-15-26(32-3)29(31(25)34-30(24)28)23-12-11-21-7-5-6-8-22(21)17-23/h5-18H,1-2,4H3/q+1. The van der Waals surface area contributed by atoms with Crippen molar-refractivity contribution in [2.75, 3.05) is 0 Å². The van der Waals surface area contributed by atoms with Crippen LogP contribution in [0.1, 0.15) is 11.1 Å². The third-order valence-corrected chi connectivity index (χ3v) is 6.69. The molecule has 6 rings (SSSR count). The summed E-state index contributed by atoms with van der Waals surface area (Å²) in [5.41, 5.74) is 8.62. The summed E-state index contributed by atoms with van der Waals surface area (Å²) in [6.45, 7) is 12.1. The molecular formula is C31H23N2O+.